The van der Waals surface area contributed by atoms with E-state index in [1.807, 2.05) is 182 Å². The van der Waals surface area contributed by atoms with Crippen molar-refractivity contribution in [3.8, 4) is 0 Å². The van der Waals surface area contributed by atoms with Crippen LogP contribution in [-0.4, -0.2) is 0 Å². The number of nitrogens with zero attached hydrogens (tertiary/aromatic N) is 3. The van der Waals surface area contributed by atoms with Crippen molar-refractivity contribution in [1.82, 2.24) is 0 Å². The molecule has 1 aliphatic rings. The molecule has 0 N–H and O–H groups in total. The van der Waals surface area contributed by atoms with Gasteiger partial charge in [-0.1, -0.05) is 182 Å². The molecule has 12 heteroatoms. The minimum absolute atomic E-state index is 0.158. The zero-order chi connectivity index (χ0) is 36.8. The van der Waals surface area contributed by atoms with E-state index in [0.717, 1.165) is 33.4 Å². The molecule has 1 aliphatic heterocycles. The van der Waals surface area contributed by atoms with Crippen LogP contribution >= 0.6 is 23.0 Å². The van der Waals surface area contributed by atoms with Crippen molar-refractivity contribution in [1.29, 1.82) is 0 Å². The number of rotatable bonds is 18. The van der Waals surface area contributed by atoms with Crippen molar-refractivity contribution >= 4 is 23.0 Å². The Morgan fingerprint density at radius 2 is 0.389 bits per heavy atom. The fourth-order valence-electron chi connectivity index (χ4n) is 5.30. The summed E-state index contributed by atoms with van der Waals surface area (Å²) in [5.74, 6) is 0. The molecule has 0 fully saturated rings. The third kappa shape index (κ3) is 10.9. The summed E-state index contributed by atoms with van der Waals surface area (Å²) in [6.45, 7) is 0.947. The molecule has 1 heterocycles. The second-order valence-corrected chi connectivity index (χ2v) is 18.9. The first-order valence-electron chi connectivity index (χ1n) is 17.6. The van der Waals surface area contributed by atoms with Gasteiger partial charge in [0.25, 0.3) is 0 Å². The molecule has 0 radical (unpaired) electrons. The van der Waals surface area contributed by atoms with Crippen molar-refractivity contribution in [2.75, 3.05) is 0 Å². The predicted molar refractivity (Wildman–Crippen MR) is 215 cm³/mol. The normalized spacial score (nSPS) is 15.3. The van der Waals surface area contributed by atoms with Crippen LogP contribution < -0.4 is 0 Å². The van der Waals surface area contributed by atoms with E-state index in [2.05, 4.69) is 0 Å². The number of hydrogen-bond donors (Lipinski definition) is 0. The Hall–Kier alpha value is -4.23. The molecule has 0 saturated carbocycles. The van der Waals surface area contributed by atoms with Crippen LogP contribution in [0.2, 0.25) is 0 Å². The molecule has 0 unspecified atom stereocenters. The van der Waals surface area contributed by atoms with E-state index >= 15 is 0 Å². The zero-order valence-corrected chi connectivity index (χ0v) is 32.4. The first-order chi connectivity index (χ1) is 26.6. The molecule has 0 atom stereocenters. The van der Waals surface area contributed by atoms with Gasteiger partial charge in [0.1, 0.15) is 0 Å². The van der Waals surface area contributed by atoms with Gasteiger partial charge < -0.3 is 27.1 Å². The Morgan fingerprint density at radius 3 is 0.537 bits per heavy atom. The van der Waals surface area contributed by atoms with E-state index in [-0.39, 0.29) is 39.6 Å². The van der Waals surface area contributed by atoms with E-state index in [1.54, 1.807) is 0 Å². The van der Waals surface area contributed by atoms with Gasteiger partial charge in [-0.25, -0.2) is 0 Å². The lowest BCUT2D eigenvalue weighted by Crippen LogP contribution is -2.06. The van der Waals surface area contributed by atoms with Crippen LogP contribution in [0.15, 0.2) is 196 Å². The van der Waals surface area contributed by atoms with Gasteiger partial charge in [-0.15, -0.1) is 13.5 Å². The second-order valence-electron chi connectivity index (χ2n) is 12.3. The Morgan fingerprint density at radius 1 is 0.241 bits per heavy atom. The lowest BCUT2D eigenvalue weighted by Gasteiger charge is -2.33. The molecule has 0 bridgehead atoms. The third-order valence-corrected chi connectivity index (χ3v) is 16.3. The average molecular weight is 778 g/mol. The van der Waals surface area contributed by atoms with E-state index in [1.165, 1.54) is 0 Å². The van der Waals surface area contributed by atoms with Gasteiger partial charge in [0.05, 0.1) is 39.6 Å². The summed E-state index contributed by atoms with van der Waals surface area (Å²) in [6, 6.07) is 59.2. The van der Waals surface area contributed by atoms with E-state index in [4.69, 9.17) is 40.7 Å². The van der Waals surface area contributed by atoms with Gasteiger partial charge in [0, 0.05) is 0 Å². The van der Waals surface area contributed by atoms with Crippen LogP contribution in [-0.2, 0) is 66.8 Å². The highest BCUT2D eigenvalue weighted by Gasteiger charge is 2.43. The molecule has 6 aromatic rings. The lowest BCUT2D eigenvalue weighted by atomic mass is 10.2. The van der Waals surface area contributed by atoms with Crippen LogP contribution in [0, 0.1) is 0 Å². The summed E-state index contributed by atoms with van der Waals surface area (Å²) in [4.78, 5) is 0. The molecule has 0 amide bonds. The fourth-order valence-corrected chi connectivity index (χ4v) is 14.7. The summed E-state index contributed by atoms with van der Waals surface area (Å²) in [5.41, 5.74) is 5.54. The van der Waals surface area contributed by atoms with Gasteiger partial charge in [0.15, 0.2) is 0 Å². The third-order valence-electron chi connectivity index (χ3n) is 8.13. The van der Waals surface area contributed by atoms with E-state index < -0.39 is 23.0 Å². The Kier molecular flexibility index (Phi) is 13.3. The Balaban J connectivity index is 1.41. The standard InChI is InChI=1S/C42H42N3O6P3/c1-7-19-37(20-8-1)31-46-52(47-32-38-21-9-2-10-22-38)43-53(48-33-39-23-11-3-12-24-39,49-34-40-25-13-4-14-26-40)45-54(44-52,50-35-41-27-15-5-16-28-41)51-36-42-29-17-6-18-30-42/h1-30H,31-36H2. The van der Waals surface area contributed by atoms with Gasteiger partial charge in [-0.05, 0) is 33.4 Å². The van der Waals surface area contributed by atoms with Gasteiger partial charge >= 0.3 is 23.0 Å². The summed E-state index contributed by atoms with van der Waals surface area (Å²) in [7, 11) is -11.1. The quantitative estimate of drug-likeness (QED) is 0.0807. The molecule has 6 aromatic carbocycles. The number of benzene rings is 6. The van der Waals surface area contributed by atoms with Crippen LogP contribution in [0.5, 0.6) is 0 Å². The Labute approximate surface area is 317 Å². The van der Waals surface area contributed by atoms with Crippen molar-refractivity contribution in [2.24, 2.45) is 13.5 Å². The second kappa shape index (κ2) is 18.9. The highest BCUT2D eigenvalue weighted by atomic mass is 31.3. The van der Waals surface area contributed by atoms with Crippen LogP contribution in [0.1, 0.15) is 33.4 Å². The largest absolute Gasteiger partial charge is 0.349 e. The predicted octanol–water partition coefficient (Wildman–Crippen LogP) is 13.1. The van der Waals surface area contributed by atoms with Gasteiger partial charge in [0.2, 0.25) is 0 Å². The van der Waals surface area contributed by atoms with Crippen LogP contribution in [0.3, 0.4) is 0 Å². The topological polar surface area (TPSA) is 92.5 Å². The molecule has 0 spiro atoms. The van der Waals surface area contributed by atoms with Crippen molar-refractivity contribution in [2.45, 2.75) is 39.6 Å². The van der Waals surface area contributed by atoms with E-state index in [0.29, 0.717) is 0 Å². The van der Waals surface area contributed by atoms with Crippen molar-refractivity contribution in [3.63, 3.8) is 0 Å². The highest BCUT2D eigenvalue weighted by molar-refractivity contribution is 7.78. The molecule has 0 saturated heterocycles. The van der Waals surface area contributed by atoms with E-state index in [9.17, 15) is 0 Å². The monoisotopic (exact) mass is 777 g/mol. The molecule has 0 aromatic heterocycles. The summed E-state index contributed by atoms with van der Waals surface area (Å²) in [6.07, 6.45) is 0. The molecule has 276 valence electrons. The van der Waals surface area contributed by atoms with Crippen LogP contribution in [0.25, 0.3) is 0 Å². The molecule has 54 heavy (non-hydrogen) atoms. The molecule has 0 aliphatic carbocycles. The molecule has 7 rings (SSSR count). The van der Waals surface area contributed by atoms with Gasteiger partial charge in [-0.2, -0.15) is 0 Å². The molecular formula is C42H42N3O6P3. The average Bonchev–Trinajstić information content (AvgIpc) is 3.25. The SMILES string of the molecule is c1ccc(COP2(OCc3ccccc3)=NP(OCc3ccccc3)(OCc3ccccc3)=NP(OCc3ccccc3)(OCc3ccccc3)=N2)cc1. The minimum Gasteiger partial charge on any atom is -0.301 e. The minimum atomic E-state index is -3.69. The highest BCUT2D eigenvalue weighted by Crippen LogP contribution is 2.81. The smallest absolute Gasteiger partial charge is 0.301 e. The first kappa shape index (κ1) is 38.1. The molecular weight excluding hydrogens is 735 g/mol. The summed E-state index contributed by atoms with van der Waals surface area (Å²) >= 11 is 0. The Bertz CT molecular complexity index is 1800. The lowest BCUT2D eigenvalue weighted by molar-refractivity contribution is 0.201. The molecule has 9 nitrogen and oxygen atoms in total. The van der Waals surface area contributed by atoms with Gasteiger partial charge in [-0.3, -0.25) is 0 Å². The van der Waals surface area contributed by atoms with Crippen molar-refractivity contribution in [3.05, 3.63) is 215 Å². The zero-order valence-electron chi connectivity index (χ0n) is 29.7. The van der Waals surface area contributed by atoms with Crippen LogP contribution in [0.4, 0.5) is 0 Å². The maximum absolute atomic E-state index is 6.83. The maximum Gasteiger partial charge on any atom is 0.349 e. The summed E-state index contributed by atoms with van der Waals surface area (Å²) < 4.78 is 56.8. The summed E-state index contributed by atoms with van der Waals surface area (Å²) in [5, 5.41) is 0. The maximum atomic E-state index is 6.83. The number of hydrogen-bond acceptors (Lipinski definition) is 9. The fraction of sp³-hybridized carbons (Fsp3) is 0.143. The first-order valence-corrected chi connectivity index (χ1v) is 22.2. The van der Waals surface area contributed by atoms with Crippen molar-refractivity contribution < 1.29 is 27.1 Å².